The molecule has 7 heteroatoms. The first-order chi connectivity index (χ1) is 9.09. The molecule has 2 rings (SSSR count). The normalized spacial score (nSPS) is 10.9. The summed E-state index contributed by atoms with van der Waals surface area (Å²) in [5, 5.41) is 9.56. The fraction of sp³-hybridized carbons (Fsp3) is 0.417. The Labute approximate surface area is 111 Å². The number of rotatable bonds is 5. The van der Waals surface area contributed by atoms with Crippen molar-refractivity contribution >= 4 is 11.6 Å². The summed E-state index contributed by atoms with van der Waals surface area (Å²) in [6.45, 7) is 5.14. The summed E-state index contributed by atoms with van der Waals surface area (Å²) >= 11 is 0. The highest BCUT2D eigenvalue weighted by molar-refractivity contribution is 5.97. The number of carbonyl (C=O) groups is 1. The summed E-state index contributed by atoms with van der Waals surface area (Å²) in [5.74, 6) is -0.0548. The lowest BCUT2D eigenvalue weighted by molar-refractivity contribution is 0.0948. The number of H-pyrrole nitrogens is 1. The van der Waals surface area contributed by atoms with Crippen LogP contribution in [-0.2, 0) is 6.54 Å². The first kappa shape index (κ1) is 13.1. The second-order valence-electron chi connectivity index (χ2n) is 4.61. The van der Waals surface area contributed by atoms with Crippen molar-refractivity contribution in [3.05, 3.63) is 30.1 Å². The van der Waals surface area contributed by atoms with Gasteiger partial charge in [-0.3, -0.25) is 9.89 Å². The van der Waals surface area contributed by atoms with E-state index in [0.29, 0.717) is 18.8 Å². The molecular formula is C12H18N6O. The van der Waals surface area contributed by atoms with E-state index in [0.717, 1.165) is 5.69 Å². The summed E-state index contributed by atoms with van der Waals surface area (Å²) in [4.78, 5) is 15.9. The molecule has 102 valence electrons. The number of hydrogen-bond donors (Lipinski definition) is 3. The first-order valence-electron chi connectivity index (χ1n) is 6.17. The Morgan fingerprint density at radius 2 is 2.37 bits per heavy atom. The standard InChI is InChI=1S/C12H18N6O/c1-8(2)10-9(13)11(17-16-10)12(19)15-4-6-18-5-3-14-7-18/h3,5,7-8H,4,6,13H2,1-2H3,(H,15,19)(H,16,17). The fourth-order valence-electron chi connectivity index (χ4n) is 1.78. The molecule has 2 aromatic rings. The van der Waals surface area contributed by atoms with Gasteiger partial charge in [0.25, 0.3) is 5.91 Å². The lowest BCUT2D eigenvalue weighted by atomic mass is 10.1. The van der Waals surface area contributed by atoms with Gasteiger partial charge in [0, 0.05) is 25.5 Å². The van der Waals surface area contributed by atoms with Crippen LogP contribution in [0.3, 0.4) is 0 Å². The summed E-state index contributed by atoms with van der Waals surface area (Å²) in [5.41, 5.74) is 7.38. The third kappa shape index (κ3) is 2.93. The molecule has 0 spiro atoms. The Morgan fingerprint density at radius 1 is 1.58 bits per heavy atom. The van der Waals surface area contributed by atoms with Gasteiger partial charge in [0.1, 0.15) is 0 Å². The van der Waals surface area contributed by atoms with Crippen molar-refractivity contribution in [1.82, 2.24) is 25.1 Å². The number of nitrogens with one attached hydrogen (secondary N) is 2. The molecule has 0 unspecified atom stereocenters. The molecule has 0 fully saturated rings. The van der Waals surface area contributed by atoms with Crippen LogP contribution in [0.2, 0.25) is 0 Å². The number of aromatic nitrogens is 4. The number of anilines is 1. The van der Waals surface area contributed by atoms with Crippen molar-refractivity contribution in [2.45, 2.75) is 26.3 Å². The molecule has 0 aliphatic rings. The molecule has 7 nitrogen and oxygen atoms in total. The molecule has 0 radical (unpaired) electrons. The minimum absolute atomic E-state index is 0.208. The number of nitrogen functional groups attached to an aromatic ring is 1. The van der Waals surface area contributed by atoms with Gasteiger partial charge < -0.3 is 15.6 Å². The zero-order chi connectivity index (χ0) is 13.8. The second-order valence-corrected chi connectivity index (χ2v) is 4.61. The number of carbonyl (C=O) groups excluding carboxylic acids is 1. The zero-order valence-electron chi connectivity index (χ0n) is 11.1. The third-order valence-corrected chi connectivity index (χ3v) is 2.84. The van der Waals surface area contributed by atoms with E-state index >= 15 is 0 Å². The molecule has 4 N–H and O–H groups in total. The summed E-state index contributed by atoms with van der Waals surface area (Å²) in [6.07, 6.45) is 5.24. The quantitative estimate of drug-likeness (QED) is 0.739. The smallest absolute Gasteiger partial charge is 0.274 e. The van der Waals surface area contributed by atoms with E-state index in [1.54, 1.807) is 12.5 Å². The number of amides is 1. The summed E-state index contributed by atoms with van der Waals surface area (Å²) in [6, 6.07) is 0. The van der Waals surface area contributed by atoms with Crippen LogP contribution in [0.1, 0.15) is 35.9 Å². The first-order valence-corrected chi connectivity index (χ1v) is 6.17. The minimum Gasteiger partial charge on any atom is -0.395 e. The average Bonchev–Trinajstić information content (AvgIpc) is 2.98. The lowest BCUT2D eigenvalue weighted by Crippen LogP contribution is -2.28. The van der Waals surface area contributed by atoms with Crippen molar-refractivity contribution in [2.24, 2.45) is 0 Å². The van der Waals surface area contributed by atoms with Gasteiger partial charge in [-0.15, -0.1) is 0 Å². The van der Waals surface area contributed by atoms with Gasteiger partial charge in [0.05, 0.1) is 17.7 Å². The Balaban J connectivity index is 1.93. The maximum absolute atomic E-state index is 11.9. The van der Waals surface area contributed by atoms with Crippen LogP contribution >= 0.6 is 0 Å². The SMILES string of the molecule is CC(C)c1[nH]nc(C(=O)NCCn2ccnc2)c1N. The lowest BCUT2D eigenvalue weighted by Gasteiger charge is -2.05. The number of nitrogens with two attached hydrogens (primary N) is 1. The topological polar surface area (TPSA) is 102 Å². The second kappa shape index (κ2) is 5.55. The van der Waals surface area contributed by atoms with Crippen LogP contribution in [0.15, 0.2) is 18.7 Å². The molecule has 2 aromatic heterocycles. The van der Waals surface area contributed by atoms with Gasteiger partial charge in [0.15, 0.2) is 5.69 Å². The van der Waals surface area contributed by atoms with Crippen molar-refractivity contribution in [3.8, 4) is 0 Å². The molecule has 19 heavy (non-hydrogen) atoms. The van der Waals surface area contributed by atoms with E-state index in [9.17, 15) is 4.79 Å². The molecular weight excluding hydrogens is 244 g/mol. The fourth-order valence-corrected chi connectivity index (χ4v) is 1.78. The number of nitrogens with zero attached hydrogens (tertiary/aromatic N) is 3. The Kier molecular flexibility index (Phi) is 3.84. The maximum atomic E-state index is 11.9. The predicted octanol–water partition coefficient (Wildman–Crippen LogP) is 0.742. The molecule has 0 bridgehead atoms. The van der Waals surface area contributed by atoms with Crippen molar-refractivity contribution < 1.29 is 4.79 Å². The van der Waals surface area contributed by atoms with Crippen LogP contribution < -0.4 is 11.1 Å². The van der Waals surface area contributed by atoms with Gasteiger partial charge >= 0.3 is 0 Å². The van der Waals surface area contributed by atoms with Crippen LogP contribution in [0.4, 0.5) is 5.69 Å². The molecule has 0 aliphatic carbocycles. The number of aromatic amines is 1. The highest BCUT2D eigenvalue weighted by Crippen LogP contribution is 2.21. The highest BCUT2D eigenvalue weighted by Gasteiger charge is 2.18. The molecule has 0 saturated heterocycles. The molecule has 0 atom stereocenters. The van der Waals surface area contributed by atoms with Crippen LogP contribution in [0.25, 0.3) is 0 Å². The van der Waals surface area contributed by atoms with E-state index in [-0.39, 0.29) is 17.5 Å². The third-order valence-electron chi connectivity index (χ3n) is 2.84. The zero-order valence-corrected chi connectivity index (χ0v) is 11.1. The van der Waals surface area contributed by atoms with Gasteiger partial charge in [0.2, 0.25) is 0 Å². The summed E-state index contributed by atoms with van der Waals surface area (Å²) in [7, 11) is 0. The average molecular weight is 262 g/mol. The molecule has 0 aromatic carbocycles. The van der Waals surface area contributed by atoms with Crippen LogP contribution in [0, 0.1) is 0 Å². The van der Waals surface area contributed by atoms with E-state index in [4.69, 9.17) is 5.73 Å². The largest absolute Gasteiger partial charge is 0.395 e. The predicted molar refractivity (Wildman–Crippen MR) is 71.6 cm³/mol. The van der Waals surface area contributed by atoms with E-state index in [1.807, 2.05) is 24.6 Å². The Bertz CT molecular complexity index is 543. The Hall–Kier alpha value is -2.31. The van der Waals surface area contributed by atoms with Gasteiger partial charge in [-0.05, 0) is 5.92 Å². The highest BCUT2D eigenvalue weighted by atomic mass is 16.1. The Morgan fingerprint density at radius 3 is 2.95 bits per heavy atom. The summed E-state index contributed by atoms with van der Waals surface area (Å²) < 4.78 is 1.88. The van der Waals surface area contributed by atoms with Gasteiger partial charge in [-0.1, -0.05) is 13.8 Å². The van der Waals surface area contributed by atoms with Gasteiger partial charge in [-0.2, -0.15) is 5.10 Å². The van der Waals surface area contributed by atoms with E-state index in [2.05, 4.69) is 20.5 Å². The molecule has 1 amide bonds. The van der Waals surface area contributed by atoms with Gasteiger partial charge in [-0.25, -0.2) is 4.98 Å². The van der Waals surface area contributed by atoms with Crippen molar-refractivity contribution in [1.29, 1.82) is 0 Å². The maximum Gasteiger partial charge on any atom is 0.274 e. The molecule has 0 aliphatic heterocycles. The monoisotopic (exact) mass is 262 g/mol. The van der Waals surface area contributed by atoms with Crippen molar-refractivity contribution in [2.75, 3.05) is 12.3 Å². The van der Waals surface area contributed by atoms with Crippen LogP contribution in [-0.4, -0.2) is 32.2 Å². The van der Waals surface area contributed by atoms with Crippen LogP contribution in [0.5, 0.6) is 0 Å². The van der Waals surface area contributed by atoms with E-state index in [1.165, 1.54) is 0 Å². The van der Waals surface area contributed by atoms with E-state index < -0.39 is 0 Å². The number of hydrogen-bond acceptors (Lipinski definition) is 4. The van der Waals surface area contributed by atoms with Crippen molar-refractivity contribution in [3.63, 3.8) is 0 Å². The molecule has 2 heterocycles. The minimum atomic E-state index is -0.263. The molecule has 0 saturated carbocycles. The number of imidazole rings is 1.